The number of likely N-dealkylation sites (tertiary alicyclic amines) is 1. The normalized spacial score (nSPS) is 24.6. The van der Waals surface area contributed by atoms with Gasteiger partial charge in [-0.25, -0.2) is 4.79 Å². The van der Waals surface area contributed by atoms with Gasteiger partial charge in [-0.1, -0.05) is 27.7 Å². The van der Waals surface area contributed by atoms with Crippen molar-refractivity contribution in [1.82, 2.24) is 10.2 Å². The Morgan fingerprint density at radius 2 is 2.00 bits per heavy atom. The minimum Gasteiger partial charge on any atom is -0.481 e. The number of aliphatic carboxylic acids is 1. The van der Waals surface area contributed by atoms with Gasteiger partial charge in [0.2, 0.25) is 0 Å². The molecule has 0 saturated carbocycles. The summed E-state index contributed by atoms with van der Waals surface area (Å²) >= 11 is 0. The molecule has 0 radical (unpaired) electrons. The fourth-order valence-corrected chi connectivity index (χ4v) is 2.91. The second-order valence-corrected chi connectivity index (χ2v) is 6.17. The summed E-state index contributed by atoms with van der Waals surface area (Å²) in [6.07, 6.45) is 2.86. The van der Waals surface area contributed by atoms with E-state index in [9.17, 15) is 14.7 Å². The quantitative estimate of drug-likeness (QED) is 0.815. The van der Waals surface area contributed by atoms with Crippen molar-refractivity contribution in [2.45, 2.75) is 59.4 Å². The number of hydrogen-bond donors (Lipinski definition) is 2. The van der Waals surface area contributed by atoms with Gasteiger partial charge in [-0.2, -0.15) is 0 Å². The van der Waals surface area contributed by atoms with Crippen LogP contribution in [0.2, 0.25) is 0 Å². The molecule has 2 N–H and O–H groups in total. The van der Waals surface area contributed by atoms with Crippen LogP contribution in [0.25, 0.3) is 0 Å². The fourth-order valence-electron chi connectivity index (χ4n) is 2.91. The lowest BCUT2D eigenvalue weighted by atomic mass is 9.78. The van der Waals surface area contributed by atoms with Gasteiger partial charge in [-0.15, -0.1) is 0 Å². The van der Waals surface area contributed by atoms with Crippen LogP contribution in [0.1, 0.15) is 53.4 Å². The first kappa shape index (κ1) is 16.8. The SMILES string of the molecule is CCC(NC(=O)N1CCCC(CC)(C(=O)O)C1)C(C)C. The highest BCUT2D eigenvalue weighted by Gasteiger charge is 2.42. The van der Waals surface area contributed by atoms with Crippen molar-refractivity contribution in [3.63, 3.8) is 0 Å². The number of rotatable bonds is 5. The summed E-state index contributed by atoms with van der Waals surface area (Å²) < 4.78 is 0. The molecule has 1 fully saturated rings. The molecule has 5 heteroatoms. The van der Waals surface area contributed by atoms with E-state index < -0.39 is 11.4 Å². The topological polar surface area (TPSA) is 69.6 Å². The molecule has 0 bridgehead atoms. The highest BCUT2D eigenvalue weighted by atomic mass is 16.4. The van der Waals surface area contributed by atoms with Gasteiger partial charge in [-0.05, 0) is 31.6 Å². The van der Waals surface area contributed by atoms with Crippen molar-refractivity contribution in [3.05, 3.63) is 0 Å². The van der Waals surface area contributed by atoms with Gasteiger partial charge < -0.3 is 15.3 Å². The van der Waals surface area contributed by atoms with Crippen LogP contribution in [-0.4, -0.2) is 41.1 Å². The molecular formula is C15H28N2O3. The van der Waals surface area contributed by atoms with Gasteiger partial charge in [0.05, 0.1) is 5.41 Å². The Balaban J connectivity index is 2.71. The van der Waals surface area contributed by atoms with E-state index in [1.54, 1.807) is 4.90 Å². The molecule has 1 heterocycles. The van der Waals surface area contributed by atoms with Crippen LogP contribution >= 0.6 is 0 Å². The van der Waals surface area contributed by atoms with Gasteiger partial charge >= 0.3 is 12.0 Å². The zero-order chi connectivity index (χ0) is 15.3. The van der Waals surface area contributed by atoms with Crippen LogP contribution < -0.4 is 5.32 Å². The molecule has 1 aliphatic heterocycles. The predicted octanol–water partition coefficient (Wildman–Crippen LogP) is 2.71. The molecule has 0 spiro atoms. The third kappa shape index (κ3) is 3.64. The third-order valence-electron chi connectivity index (χ3n) is 4.55. The van der Waals surface area contributed by atoms with Crippen LogP contribution in [-0.2, 0) is 4.79 Å². The lowest BCUT2D eigenvalue weighted by Gasteiger charge is -2.40. The molecule has 116 valence electrons. The van der Waals surface area contributed by atoms with E-state index in [2.05, 4.69) is 26.1 Å². The van der Waals surface area contributed by atoms with Crippen molar-refractivity contribution in [3.8, 4) is 0 Å². The number of nitrogens with zero attached hydrogens (tertiary/aromatic N) is 1. The second kappa shape index (κ2) is 6.95. The van der Waals surface area contributed by atoms with E-state index in [1.807, 2.05) is 6.92 Å². The molecule has 1 rings (SSSR count). The molecule has 20 heavy (non-hydrogen) atoms. The van der Waals surface area contributed by atoms with E-state index in [0.29, 0.717) is 31.8 Å². The summed E-state index contributed by atoms with van der Waals surface area (Å²) in [7, 11) is 0. The zero-order valence-electron chi connectivity index (χ0n) is 13.1. The molecular weight excluding hydrogens is 256 g/mol. The maximum Gasteiger partial charge on any atom is 0.317 e. The third-order valence-corrected chi connectivity index (χ3v) is 4.55. The molecule has 1 aliphatic rings. The average molecular weight is 284 g/mol. The van der Waals surface area contributed by atoms with Gasteiger partial charge in [-0.3, -0.25) is 4.79 Å². The monoisotopic (exact) mass is 284 g/mol. The number of carboxylic acids is 1. The summed E-state index contributed by atoms with van der Waals surface area (Å²) in [4.78, 5) is 25.5. The maximum atomic E-state index is 12.3. The fraction of sp³-hybridized carbons (Fsp3) is 0.867. The first-order chi connectivity index (χ1) is 9.36. The van der Waals surface area contributed by atoms with E-state index in [0.717, 1.165) is 12.8 Å². The smallest absolute Gasteiger partial charge is 0.317 e. The average Bonchev–Trinajstić information content (AvgIpc) is 2.43. The van der Waals surface area contributed by atoms with Crippen molar-refractivity contribution in [1.29, 1.82) is 0 Å². The Kier molecular flexibility index (Phi) is 5.84. The van der Waals surface area contributed by atoms with Crippen molar-refractivity contribution in [2.24, 2.45) is 11.3 Å². The highest BCUT2D eigenvalue weighted by Crippen LogP contribution is 2.33. The van der Waals surface area contributed by atoms with E-state index in [-0.39, 0.29) is 12.1 Å². The number of nitrogens with one attached hydrogen (secondary N) is 1. The number of carboxylic acid groups (broad SMARTS) is 1. The Hall–Kier alpha value is -1.26. The molecule has 0 aromatic carbocycles. The number of carbonyl (C=O) groups excluding carboxylic acids is 1. The van der Waals surface area contributed by atoms with E-state index in [4.69, 9.17) is 0 Å². The van der Waals surface area contributed by atoms with E-state index >= 15 is 0 Å². The zero-order valence-corrected chi connectivity index (χ0v) is 13.1. The Bertz CT molecular complexity index is 357. The minimum atomic E-state index is -0.784. The van der Waals surface area contributed by atoms with Gasteiger partial charge in [0, 0.05) is 19.1 Å². The first-order valence-electron chi connectivity index (χ1n) is 7.65. The molecule has 0 aromatic rings. The largest absolute Gasteiger partial charge is 0.481 e. The highest BCUT2D eigenvalue weighted by molar-refractivity contribution is 5.79. The first-order valence-corrected chi connectivity index (χ1v) is 7.65. The summed E-state index contributed by atoms with van der Waals surface area (Å²) in [5, 5.41) is 12.5. The van der Waals surface area contributed by atoms with Crippen molar-refractivity contribution in [2.75, 3.05) is 13.1 Å². The van der Waals surface area contributed by atoms with Crippen LogP contribution in [0.4, 0.5) is 4.79 Å². The van der Waals surface area contributed by atoms with Crippen molar-refractivity contribution < 1.29 is 14.7 Å². The molecule has 1 saturated heterocycles. The van der Waals surface area contributed by atoms with Crippen LogP contribution in [0.15, 0.2) is 0 Å². The summed E-state index contributed by atoms with van der Waals surface area (Å²) in [6, 6.07) is 0.0228. The second-order valence-electron chi connectivity index (χ2n) is 6.17. The lowest BCUT2D eigenvalue weighted by molar-refractivity contribution is -0.152. The number of amides is 2. The molecule has 2 unspecified atom stereocenters. The van der Waals surface area contributed by atoms with E-state index in [1.165, 1.54) is 0 Å². The maximum absolute atomic E-state index is 12.3. The molecule has 0 aliphatic carbocycles. The van der Waals surface area contributed by atoms with Gasteiger partial charge in [0.25, 0.3) is 0 Å². The van der Waals surface area contributed by atoms with Crippen molar-refractivity contribution >= 4 is 12.0 Å². The number of urea groups is 1. The summed E-state index contributed by atoms with van der Waals surface area (Å²) in [5.41, 5.74) is -0.769. The number of hydrogen-bond acceptors (Lipinski definition) is 2. The van der Waals surface area contributed by atoms with Crippen LogP contribution in [0.3, 0.4) is 0 Å². The van der Waals surface area contributed by atoms with Crippen LogP contribution in [0, 0.1) is 11.3 Å². The molecule has 5 nitrogen and oxygen atoms in total. The van der Waals surface area contributed by atoms with Gasteiger partial charge in [0.15, 0.2) is 0 Å². The predicted molar refractivity (Wildman–Crippen MR) is 78.6 cm³/mol. The number of piperidine rings is 1. The molecule has 0 aromatic heterocycles. The summed E-state index contributed by atoms with van der Waals surface area (Å²) in [6.45, 7) is 9.07. The Morgan fingerprint density at radius 1 is 1.35 bits per heavy atom. The standard InChI is InChI=1S/C15H28N2O3/c1-5-12(11(3)4)16-14(20)17-9-7-8-15(6-2,10-17)13(18)19/h11-12H,5-10H2,1-4H3,(H,16,20)(H,18,19). The Morgan fingerprint density at radius 3 is 2.45 bits per heavy atom. The summed E-state index contributed by atoms with van der Waals surface area (Å²) in [5.74, 6) is -0.405. The lowest BCUT2D eigenvalue weighted by Crippen LogP contribution is -2.54. The number of carbonyl (C=O) groups is 2. The molecule has 2 amide bonds. The molecule has 2 atom stereocenters. The Labute approximate surface area is 121 Å². The van der Waals surface area contributed by atoms with Gasteiger partial charge in [0.1, 0.15) is 0 Å². The van der Waals surface area contributed by atoms with Crippen LogP contribution in [0.5, 0.6) is 0 Å². The minimum absolute atomic E-state index is 0.121.